The van der Waals surface area contributed by atoms with E-state index in [9.17, 15) is 4.79 Å². The average Bonchev–Trinajstić information content (AvgIpc) is 2.93. The normalized spacial score (nSPS) is 25.4. The smallest absolute Gasteiger partial charge is 0.241 e. The van der Waals surface area contributed by atoms with E-state index in [2.05, 4.69) is 36.0 Å². The lowest BCUT2D eigenvalue weighted by Crippen LogP contribution is -2.60. The molecule has 3 N–H and O–H groups in total. The summed E-state index contributed by atoms with van der Waals surface area (Å²) in [7, 11) is 0. The second-order valence-electron chi connectivity index (χ2n) is 9.53. The summed E-state index contributed by atoms with van der Waals surface area (Å²) in [5.74, 6) is 0.0394. The summed E-state index contributed by atoms with van der Waals surface area (Å²) in [6.45, 7) is 12.9. The number of amides is 1. The molecule has 1 saturated heterocycles. The van der Waals surface area contributed by atoms with Gasteiger partial charge in [-0.05, 0) is 26.3 Å². The van der Waals surface area contributed by atoms with Gasteiger partial charge in [-0.25, -0.2) is 4.39 Å². The minimum absolute atomic E-state index is 0. The van der Waals surface area contributed by atoms with Crippen molar-refractivity contribution in [3.05, 3.63) is 23.5 Å². The number of fused-ring (bicyclic) bond motifs is 1. The molecule has 0 radical (unpaired) electrons. The van der Waals surface area contributed by atoms with E-state index in [1.54, 1.807) is 19.2 Å². The Morgan fingerprint density at radius 1 is 1.47 bits per heavy atom. The van der Waals surface area contributed by atoms with Crippen LogP contribution in [0.25, 0.3) is 0 Å². The number of nitrogens with zero attached hydrogens (tertiary/aromatic N) is 3. The molecule has 1 aromatic rings. The number of alkyl halides is 1. The predicted molar refractivity (Wildman–Crippen MR) is 122 cm³/mol. The molecule has 1 aromatic heterocycles. The van der Waals surface area contributed by atoms with Crippen LogP contribution in [0.4, 0.5) is 10.1 Å². The quantitative estimate of drug-likeness (QED) is 0.710. The van der Waals surface area contributed by atoms with Gasteiger partial charge in [0.2, 0.25) is 5.91 Å². The number of halogens is 2. The van der Waals surface area contributed by atoms with Gasteiger partial charge in [-0.1, -0.05) is 27.2 Å². The highest BCUT2D eigenvalue weighted by atomic mass is 35.5. The van der Waals surface area contributed by atoms with Crippen LogP contribution < -0.4 is 16.0 Å². The number of nitrogens with one attached hydrogen (secondary N) is 1. The van der Waals surface area contributed by atoms with Gasteiger partial charge in [0.25, 0.3) is 0 Å². The average molecular weight is 442 g/mol. The standard InChI is InChI=1S/C22H36FN5O.ClH/c1-6-7-22(5,23)19-8-18-17(11-26-19)21(3,4)14-28(18)20(29)13-27-12-15(2)25-10-16(27)9-24;/h8,11,15-16,25H,6-7,9-10,12-14,24H2,1-5H3;1H/t15-,16+,22?;/m1./s1. The van der Waals surface area contributed by atoms with Crippen molar-refractivity contribution in [2.75, 3.05) is 37.6 Å². The Kier molecular flexibility index (Phi) is 7.89. The molecule has 0 bridgehead atoms. The third-order valence-electron chi connectivity index (χ3n) is 6.35. The van der Waals surface area contributed by atoms with Crippen LogP contribution in [-0.4, -0.2) is 60.6 Å². The summed E-state index contributed by atoms with van der Waals surface area (Å²) in [5, 5.41) is 3.42. The van der Waals surface area contributed by atoms with Gasteiger partial charge >= 0.3 is 0 Å². The molecule has 30 heavy (non-hydrogen) atoms. The fraction of sp³-hybridized carbons (Fsp3) is 0.727. The maximum Gasteiger partial charge on any atom is 0.241 e. The Morgan fingerprint density at radius 2 is 2.17 bits per heavy atom. The van der Waals surface area contributed by atoms with Crippen molar-refractivity contribution in [2.24, 2.45) is 5.73 Å². The van der Waals surface area contributed by atoms with Crippen LogP contribution in [0.2, 0.25) is 0 Å². The highest BCUT2D eigenvalue weighted by Gasteiger charge is 2.41. The highest BCUT2D eigenvalue weighted by Crippen LogP contribution is 2.42. The fourth-order valence-electron chi connectivity index (χ4n) is 4.58. The van der Waals surface area contributed by atoms with Crippen LogP contribution in [0, 0.1) is 0 Å². The molecule has 170 valence electrons. The number of hydrogen-bond acceptors (Lipinski definition) is 5. The van der Waals surface area contributed by atoms with Crippen molar-refractivity contribution in [2.45, 2.75) is 70.6 Å². The molecular formula is C22H37ClFN5O. The lowest BCUT2D eigenvalue weighted by Gasteiger charge is -2.39. The number of carbonyl (C=O) groups is 1. The van der Waals surface area contributed by atoms with Crippen LogP contribution in [0.3, 0.4) is 0 Å². The summed E-state index contributed by atoms with van der Waals surface area (Å²) >= 11 is 0. The Bertz CT molecular complexity index is 757. The minimum Gasteiger partial charge on any atom is -0.329 e. The van der Waals surface area contributed by atoms with Crippen LogP contribution in [-0.2, 0) is 15.9 Å². The van der Waals surface area contributed by atoms with Gasteiger partial charge in [-0.15, -0.1) is 12.4 Å². The number of anilines is 1. The van der Waals surface area contributed by atoms with E-state index in [4.69, 9.17) is 5.73 Å². The van der Waals surface area contributed by atoms with Crippen molar-refractivity contribution in [1.82, 2.24) is 15.2 Å². The molecule has 6 nitrogen and oxygen atoms in total. The Hall–Kier alpha value is -1.28. The Labute approximate surface area is 186 Å². The van der Waals surface area contributed by atoms with E-state index in [0.29, 0.717) is 37.8 Å². The van der Waals surface area contributed by atoms with Gasteiger partial charge in [0.15, 0.2) is 0 Å². The van der Waals surface area contributed by atoms with Crippen molar-refractivity contribution in [1.29, 1.82) is 0 Å². The summed E-state index contributed by atoms with van der Waals surface area (Å²) < 4.78 is 15.1. The van der Waals surface area contributed by atoms with Gasteiger partial charge in [0, 0.05) is 55.4 Å². The van der Waals surface area contributed by atoms with Gasteiger partial charge in [-0.3, -0.25) is 14.7 Å². The molecule has 0 spiro atoms. The number of carbonyl (C=O) groups excluding carboxylic acids is 1. The predicted octanol–water partition coefficient (Wildman–Crippen LogP) is 2.73. The molecule has 0 saturated carbocycles. The number of aromatic nitrogens is 1. The number of nitrogens with two attached hydrogens (primary N) is 1. The third-order valence-corrected chi connectivity index (χ3v) is 6.35. The zero-order valence-electron chi connectivity index (χ0n) is 18.9. The molecule has 8 heteroatoms. The molecule has 0 aromatic carbocycles. The molecular weight excluding hydrogens is 405 g/mol. The maximum atomic E-state index is 15.1. The van der Waals surface area contributed by atoms with Crippen LogP contribution in [0.15, 0.2) is 12.3 Å². The summed E-state index contributed by atoms with van der Waals surface area (Å²) in [4.78, 5) is 21.8. The minimum atomic E-state index is -1.50. The monoisotopic (exact) mass is 441 g/mol. The van der Waals surface area contributed by atoms with Crippen LogP contribution in [0.5, 0.6) is 0 Å². The Morgan fingerprint density at radius 3 is 2.80 bits per heavy atom. The van der Waals surface area contributed by atoms with E-state index >= 15 is 4.39 Å². The fourth-order valence-corrected chi connectivity index (χ4v) is 4.58. The first-order valence-electron chi connectivity index (χ1n) is 10.8. The second kappa shape index (κ2) is 9.47. The SMILES string of the molecule is CCCC(C)(F)c1cc2c(cn1)C(C)(C)CN2C(=O)CN1C[C@@H](C)NC[C@@H]1CN.Cl. The molecule has 1 unspecified atom stereocenters. The second-order valence-corrected chi connectivity index (χ2v) is 9.53. The number of piperazine rings is 1. The van der Waals surface area contributed by atoms with E-state index in [1.807, 2.05) is 11.8 Å². The topological polar surface area (TPSA) is 74.5 Å². The number of pyridine rings is 1. The zero-order valence-corrected chi connectivity index (χ0v) is 19.7. The number of rotatable bonds is 6. The van der Waals surface area contributed by atoms with E-state index in [1.165, 1.54) is 0 Å². The summed E-state index contributed by atoms with van der Waals surface area (Å²) in [6.07, 6.45) is 2.91. The lowest BCUT2D eigenvalue weighted by atomic mass is 9.87. The van der Waals surface area contributed by atoms with Gasteiger partial charge < -0.3 is 16.0 Å². The summed E-state index contributed by atoms with van der Waals surface area (Å²) in [6, 6.07) is 2.26. The number of hydrogen-bond donors (Lipinski definition) is 2. The van der Waals surface area contributed by atoms with E-state index in [0.717, 1.165) is 30.8 Å². The van der Waals surface area contributed by atoms with Crippen LogP contribution >= 0.6 is 12.4 Å². The zero-order chi connectivity index (χ0) is 21.4. The molecule has 3 rings (SSSR count). The molecule has 2 aliphatic heterocycles. The molecule has 0 aliphatic carbocycles. The first-order valence-corrected chi connectivity index (χ1v) is 10.8. The molecule has 1 amide bonds. The highest BCUT2D eigenvalue weighted by molar-refractivity contribution is 5.97. The van der Waals surface area contributed by atoms with Gasteiger partial charge in [-0.2, -0.15) is 0 Å². The lowest BCUT2D eigenvalue weighted by molar-refractivity contribution is -0.120. The largest absolute Gasteiger partial charge is 0.329 e. The summed E-state index contributed by atoms with van der Waals surface area (Å²) in [5.41, 5.74) is 6.44. The van der Waals surface area contributed by atoms with E-state index in [-0.39, 0.29) is 29.8 Å². The van der Waals surface area contributed by atoms with Crippen molar-refractivity contribution in [3.8, 4) is 0 Å². The van der Waals surface area contributed by atoms with Crippen molar-refractivity contribution < 1.29 is 9.18 Å². The maximum absolute atomic E-state index is 15.1. The molecule has 3 atom stereocenters. The first-order chi connectivity index (χ1) is 13.6. The molecule has 3 heterocycles. The first kappa shape index (κ1) is 25.0. The van der Waals surface area contributed by atoms with Gasteiger partial charge in [0.1, 0.15) is 5.67 Å². The molecule has 1 fully saturated rings. The third kappa shape index (κ3) is 4.96. The van der Waals surface area contributed by atoms with Crippen molar-refractivity contribution >= 4 is 24.0 Å². The van der Waals surface area contributed by atoms with Gasteiger partial charge in [0.05, 0.1) is 17.9 Å². The van der Waals surface area contributed by atoms with Crippen LogP contribution in [0.1, 0.15) is 58.7 Å². The molecule has 2 aliphatic rings. The Balaban J connectivity index is 0.00000320. The van der Waals surface area contributed by atoms with E-state index < -0.39 is 5.67 Å². The van der Waals surface area contributed by atoms with Crippen molar-refractivity contribution in [3.63, 3.8) is 0 Å².